The number of hydrogen-bond acceptors (Lipinski definition) is 3. The van der Waals surface area contributed by atoms with Crippen molar-refractivity contribution >= 4 is 24.1 Å². The topological polar surface area (TPSA) is 54.4 Å². The van der Waals surface area contributed by atoms with Gasteiger partial charge in [0.2, 0.25) is 0 Å². The molecule has 1 N–H and O–H groups in total. The van der Waals surface area contributed by atoms with E-state index in [1.54, 1.807) is 18.2 Å². The van der Waals surface area contributed by atoms with Crippen molar-refractivity contribution in [3.05, 3.63) is 54.2 Å². The molecule has 4 nitrogen and oxygen atoms in total. The molecule has 0 atom stereocenters. The lowest BCUT2D eigenvalue weighted by atomic mass is 10.3. The Morgan fingerprint density at radius 1 is 1.12 bits per heavy atom. The summed E-state index contributed by atoms with van der Waals surface area (Å²) in [4.78, 5) is 18.8. The van der Waals surface area contributed by atoms with Crippen molar-refractivity contribution in [2.75, 3.05) is 5.32 Å². The van der Waals surface area contributed by atoms with Gasteiger partial charge in [0.05, 0.1) is 0 Å². The van der Waals surface area contributed by atoms with Gasteiger partial charge in [0.1, 0.15) is 11.5 Å². The Bertz CT molecular complexity index is 537. The first-order valence-corrected chi connectivity index (χ1v) is 5.10. The number of anilines is 2. The van der Waals surface area contributed by atoms with Gasteiger partial charge >= 0.3 is 0 Å². The van der Waals surface area contributed by atoms with Crippen molar-refractivity contribution < 1.29 is 4.79 Å². The molecule has 0 bridgehead atoms. The molecule has 1 aromatic heterocycles. The summed E-state index contributed by atoms with van der Waals surface area (Å²) in [5.74, 6) is 0.174. The van der Waals surface area contributed by atoms with E-state index in [-0.39, 0.29) is 5.69 Å². The van der Waals surface area contributed by atoms with E-state index in [1.807, 2.05) is 30.3 Å². The highest BCUT2D eigenvalue weighted by molar-refractivity contribution is 5.95. The molecule has 0 aliphatic carbocycles. The summed E-state index contributed by atoms with van der Waals surface area (Å²) in [5.41, 5.74) is 1.19. The number of aromatic nitrogens is 1. The van der Waals surface area contributed by atoms with E-state index in [2.05, 4.69) is 22.0 Å². The van der Waals surface area contributed by atoms with Gasteiger partial charge in [-0.05, 0) is 31.0 Å². The van der Waals surface area contributed by atoms with Crippen LogP contribution in [0, 0.1) is 0 Å². The molecule has 2 rings (SSSR count). The fourth-order valence-electron chi connectivity index (χ4n) is 1.37. The van der Waals surface area contributed by atoms with Crippen LogP contribution in [0.5, 0.6) is 0 Å². The van der Waals surface area contributed by atoms with E-state index < -0.39 is 5.91 Å². The quantitative estimate of drug-likeness (QED) is 0.817. The van der Waals surface area contributed by atoms with Gasteiger partial charge < -0.3 is 5.32 Å². The summed E-state index contributed by atoms with van der Waals surface area (Å²) in [6.07, 6.45) is 0. The number of carbonyl (C=O) groups excluding carboxylic acids is 1. The highest BCUT2D eigenvalue weighted by Crippen LogP contribution is 2.14. The Morgan fingerprint density at radius 3 is 2.59 bits per heavy atom. The van der Waals surface area contributed by atoms with Crippen molar-refractivity contribution in [1.29, 1.82) is 0 Å². The predicted octanol–water partition coefficient (Wildman–Crippen LogP) is 2.67. The highest BCUT2D eigenvalue weighted by atomic mass is 16.1. The number of nitrogens with one attached hydrogen (secondary N) is 1. The van der Waals surface area contributed by atoms with Crippen LogP contribution in [-0.4, -0.2) is 17.6 Å². The number of hydrogen-bond donors (Lipinski definition) is 1. The minimum absolute atomic E-state index is 0.279. The van der Waals surface area contributed by atoms with Crippen LogP contribution < -0.4 is 5.32 Å². The number of nitrogens with zero attached hydrogens (tertiary/aromatic N) is 2. The van der Waals surface area contributed by atoms with Gasteiger partial charge in [0.15, 0.2) is 0 Å². The molecule has 1 aromatic carbocycles. The molecule has 84 valence electrons. The number of carbonyl (C=O) groups is 1. The van der Waals surface area contributed by atoms with E-state index in [0.29, 0.717) is 5.82 Å². The Hall–Kier alpha value is -2.49. The Labute approximate surface area is 99.0 Å². The van der Waals surface area contributed by atoms with Gasteiger partial charge in [-0.2, -0.15) is 0 Å². The van der Waals surface area contributed by atoms with Crippen molar-refractivity contribution in [1.82, 2.24) is 4.98 Å². The highest BCUT2D eigenvalue weighted by Gasteiger charge is 2.04. The average molecular weight is 225 g/mol. The summed E-state index contributed by atoms with van der Waals surface area (Å²) in [7, 11) is 0. The van der Waals surface area contributed by atoms with E-state index in [0.717, 1.165) is 5.69 Å². The number of para-hydroxylation sites is 1. The Kier molecular flexibility index (Phi) is 3.25. The van der Waals surface area contributed by atoms with Crippen LogP contribution in [0.15, 0.2) is 53.5 Å². The van der Waals surface area contributed by atoms with Crippen molar-refractivity contribution in [2.24, 2.45) is 4.99 Å². The number of rotatable bonds is 3. The second-order valence-electron chi connectivity index (χ2n) is 3.36. The molecule has 2 aromatic rings. The van der Waals surface area contributed by atoms with Crippen LogP contribution in [-0.2, 0) is 0 Å². The molecule has 0 spiro atoms. The molecule has 1 heterocycles. The molecular formula is C13H11N3O. The zero-order valence-corrected chi connectivity index (χ0v) is 9.13. The summed E-state index contributed by atoms with van der Waals surface area (Å²) in [5, 5.41) is 3.10. The van der Waals surface area contributed by atoms with Crippen LogP contribution in [0.2, 0.25) is 0 Å². The number of benzene rings is 1. The van der Waals surface area contributed by atoms with Gasteiger partial charge in [-0.25, -0.2) is 9.98 Å². The van der Waals surface area contributed by atoms with Crippen LogP contribution in [0.25, 0.3) is 0 Å². The molecule has 0 aliphatic heterocycles. The lowest BCUT2D eigenvalue weighted by Crippen LogP contribution is -2.01. The minimum atomic E-state index is -0.429. The molecule has 0 fully saturated rings. The third kappa shape index (κ3) is 2.75. The zero-order chi connectivity index (χ0) is 12.1. The van der Waals surface area contributed by atoms with E-state index in [9.17, 15) is 4.79 Å². The summed E-state index contributed by atoms with van der Waals surface area (Å²) >= 11 is 0. The molecule has 17 heavy (non-hydrogen) atoms. The van der Waals surface area contributed by atoms with Gasteiger partial charge in [-0.1, -0.05) is 24.3 Å². The third-order valence-corrected chi connectivity index (χ3v) is 2.16. The second-order valence-corrected chi connectivity index (χ2v) is 3.36. The maximum atomic E-state index is 11.3. The minimum Gasteiger partial charge on any atom is -0.340 e. The normalized spacial score (nSPS) is 9.65. The van der Waals surface area contributed by atoms with Gasteiger partial charge in [0, 0.05) is 5.69 Å². The van der Waals surface area contributed by atoms with Gasteiger partial charge in [0.25, 0.3) is 5.91 Å². The molecule has 0 unspecified atom stereocenters. The zero-order valence-electron chi connectivity index (χ0n) is 9.13. The number of aliphatic imine (C=N–C) groups is 1. The van der Waals surface area contributed by atoms with Crippen molar-refractivity contribution in [2.45, 2.75) is 0 Å². The van der Waals surface area contributed by atoms with Crippen LogP contribution >= 0.6 is 0 Å². The maximum Gasteiger partial charge on any atom is 0.295 e. The Morgan fingerprint density at radius 2 is 1.88 bits per heavy atom. The molecule has 4 heteroatoms. The third-order valence-electron chi connectivity index (χ3n) is 2.16. The molecule has 1 amide bonds. The van der Waals surface area contributed by atoms with Crippen LogP contribution in [0.1, 0.15) is 10.5 Å². The number of pyridine rings is 1. The summed E-state index contributed by atoms with van der Waals surface area (Å²) < 4.78 is 0. The second kappa shape index (κ2) is 5.03. The first kappa shape index (κ1) is 11.0. The molecule has 0 saturated heterocycles. The fourth-order valence-corrected chi connectivity index (χ4v) is 1.37. The number of amides is 1. The van der Waals surface area contributed by atoms with Gasteiger partial charge in [-0.3, -0.25) is 4.79 Å². The summed E-state index contributed by atoms with van der Waals surface area (Å²) in [6, 6.07) is 14.7. The standard InChI is InChI=1S/C13H11N3O/c1-14-13(17)11-8-5-9-12(16-11)15-10-6-3-2-4-7-10/h2-9H,1H2,(H,15,16). The molecule has 0 aliphatic rings. The Balaban J connectivity index is 2.22. The molecular weight excluding hydrogens is 214 g/mol. The largest absolute Gasteiger partial charge is 0.340 e. The van der Waals surface area contributed by atoms with E-state index >= 15 is 0 Å². The first-order valence-electron chi connectivity index (χ1n) is 5.10. The van der Waals surface area contributed by atoms with Crippen LogP contribution in [0.4, 0.5) is 11.5 Å². The summed E-state index contributed by atoms with van der Waals surface area (Å²) in [6.45, 7) is 3.19. The SMILES string of the molecule is C=NC(=O)c1cccc(Nc2ccccc2)n1. The van der Waals surface area contributed by atoms with Crippen molar-refractivity contribution in [3.63, 3.8) is 0 Å². The van der Waals surface area contributed by atoms with E-state index in [1.165, 1.54) is 0 Å². The lowest BCUT2D eigenvalue weighted by Gasteiger charge is -2.05. The maximum absolute atomic E-state index is 11.3. The van der Waals surface area contributed by atoms with Crippen LogP contribution in [0.3, 0.4) is 0 Å². The molecule has 0 radical (unpaired) electrons. The fraction of sp³-hybridized carbons (Fsp3) is 0. The first-order chi connectivity index (χ1) is 8.29. The average Bonchev–Trinajstić information content (AvgIpc) is 2.39. The van der Waals surface area contributed by atoms with Gasteiger partial charge in [-0.15, -0.1) is 0 Å². The monoisotopic (exact) mass is 225 g/mol. The predicted molar refractivity (Wildman–Crippen MR) is 67.8 cm³/mol. The molecule has 0 saturated carbocycles. The van der Waals surface area contributed by atoms with E-state index in [4.69, 9.17) is 0 Å². The van der Waals surface area contributed by atoms with Crippen molar-refractivity contribution in [3.8, 4) is 0 Å². The lowest BCUT2D eigenvalue weighted by molar-refractivity contribution is 0.0999. The smallest absolute Gasteiger partial charge is 0.295 e.